The Bertz CT molecular complexity index is 755. The first-order valence-corrected chi connectivity index (χ1v) is 8.31. The maximum atomic E-state index is 12.3. The molecular formula is C15H17N3O2S. The quantitative estimate of drug-likeness (QED) is 0.904. The van der Waals surface area contributed by atoms with E-state index < -0.39 is 10.0 Å². The molecule has 0 fully saturated rings. The summed E-state index contributed by atoms with van der Waals surface area (Å²) in [5, 5.41) is 3.19. The van der Waals surface area contributed by atoms with Gasteiger partial charge in [0.2, 0.25) is 10.0 Å². The molecule has 6 heteroatoms. The number of nitrogens with one attached hydrogen (secondary N) is 2. The third kappa shape index (κ3) is 3.06. The third-order valence-electron chi connectivity index (χ3n) is 3.54. The predicted molar refractivity (Wildman–Crippen MR) is 81.6 cm³/mol. The van der Waals surface area contributed by atoms with Crippen LogP contribution in [0.25, 0.3) is 0 Å². The van der Waals surface area contributed by atoms with Gasteiger partial charge in [-0.1, -0.05) is 12.1 Å². The fourth-order valence-electron chi connectivity index (χ4n) is 2.30. The molecule has 1 aliphatic heterocycles. The lowest BCUT2D eigenvalue weighted by atomic mass is 10.2. The van der Waals surface area contributed by atoms with E-state index in [-0.39, 0.29) is 11.4 Å². The van der Waals surface area contributed by atoms with Crippen LogP contribution in [0.4, 0.5) is 5.69 Å². The second-order valence-corrected chi connectivity index (χ2v) is 6.90. The highest BCUT2D eigenvalue weighted by atomic mass is 32.2. The van der Waals surface area contributed by atoms with Crippen molar-refractivity contribution in [2.45, 2.75) is 24.8 Å². The zero-order valence-electron chi connectivity index (χ0n) is 11.8. The lowest BCUT2D eigenvalue weighted by molar-refractivity contribution is 0.581. The number of sulfonamides is 1. The number of benzene rings is 1. The van der Waals surface area contributed by atoms with Crippen molar-refractivity contribution in [1.29, 1.82) is 0 Å². The van der Waals surface area contributed by atoms with Gasteiger partial charge in [0.05, 0.1) is 4.90 Å². The molecule has 0 aliphatic carbocycles. The monoisotopic (exact) mass is 303 g/mol. The van der Waals surface area contributed by atoms with Crippen LogP contribution in [-0.2, 0) is 23.0 Å². The number of anilines is 1. The zero-order chi connectivity index (χ0) is 14.9. The summed E-state index contributed by atoms with van der Waals surface area (Å²) in [6.45, 7) is 2.99. The molecule has 5 nitrogen and oxygen atoms in total. The first kappa shape index (κ1) is 14.0. The number of aryl methyl sites for hydroxylation is 1. The Morgan fingerprint density at radius 3 is 2.90 bits per heavy atom. The number of hydrogen-bond donors (Lipinski definition) is 2. The fourth-order valence-corrected chi connectivity index (χ4v) is 3.35. The summed E-state index contributed by atoms with van der Waals surface area (Å²) in [6, 6.07) is 8.95. The molecule has 1 aliphatic rings. The van der Waals surface area contributed by atoms with Crippen molar-refractivity contribution < 1.29 is 8.42 Å². The van der Waals surface area contributed by atoms with Gasteiger partial charge in [0.1, 0.15) is 0 Å². The van der Waals surface area contributed by atoms with Crippen molar-refractivity contribution in [2.24, 2.45) is 0 Å². The zero-order valence-corrected chi connectivity index (χ0v) is 12.6. The number of aromatic nitrogens is 1. The van der Waals surface area contributed by atoms with Crippen molar-refractivity contribution in [3.63, 3.8) is 0 Å². The minimum Gasteiger partial charge on any atom is -0.384 e. The van der Waals surface area contributed by atoms with Gasteiger partial charge in [0, 0.05) is 30.7 Å². The van der Waals surface area contributed by atoms with E-state index in [1.165, 1.54) is 0 Å². The fraction of sp³-hybridized carbons (Fsp3) is 0.267. The van der Waals surface area contributed by atoms with Crippen molar-refractivity contribution in [1.82, 2.24) is 9.71 Å². The molecule has 0 radical (unpaired) electrons. The largest absolute Gasteiger partial charge is 0.384 e. The number of nitrogens with zero attached hydrogens (tertiary/aromatic N) is 1. The Morgan fingerprint density at radius 2 is 2.14 bits per heavy atom. The van der Waals surface area contributed by atoms with Crippen LogP contribution in [0.1, 0.15) is 16.8 Å². The topological polar surface area (TPSA) is 71.1 Å². The van der Waals surface area contributed by atoms with Gasteiger partial charge in [-0.05, 0) is 42.7 Å². The lowest BCUT2D eigenvalue weighted by Gasteiger charge is -2.08. The van der Waals surface area contributed by atoms with E-state index >= 15 is 0 Å². The predicted octanol–water partition coefficient (Wildman–Crippen LogP) is 1.84. The van der Waals surface area contributed by atoms with E-state index in [1.54, 1.807) is 18.3 Å². The minimum atomic E-state index is -3.51. The molecule has 0 saturated heterocycles. The summed E-state index contributed by atoms with van der Waals surface area (Å²) >= 11 is 0. The van der Waals surface area contributed by atoms with Crippen LogP contribution in [0.3, 0.4) is 0 Å². The SMILES string of the molecule is Cc1ccc(CNS(=O)(=O)c2ccc3c(c2)NCC3)cn1. The Labute approximate surface area is 124 Å². The number of fused-ring (bicyclic) bond motifs is 1. The second-order valence-electron chi connectivity index (χ2n) is 5.13. The van der Waals surface area contributed by atoms with Gasteiger partial charge in [-0.2, -0.15) is 0 Å². The van der Waals surface area contributed by atoms with E-state index in [2.05, 4.69) is 15.0 Å². The molecule has 2 heterocycles. The maximum Gasteiger partial charge on any atom is 0.240 e. The summed E-state index contributed by atoms with van der Waals surface area (Å²) in [4.78, 5) is 4.44. The molecule has 21 heavy (non-hydrogen) atoms. The van der Waals surface area contributed by atoms with Crippen LogP contribution in [-0.4, -0.2) is 19.9 Å². The van der Waals surface area contributed by atoms with E-state index in [4.69, 9.17) is 0 Å². The van der Waals surface area contributed by atoms with Crippen molar-refractivity contribution in [3.8, 4) is 0 Å². The molecular weight excluding hydrogens is 286 g/mol. The number of pyridine rings is 1. The summed E-state index contributed by atoms with van der Waals surface area (Å²) < 4.78 is 27.2. The minimum absolute atomic E-state index is 0.236. The van der Waals surface area contributed by atoms with Gasteiger partial charge in [-0.25, -0.2) is 13.1 Å². The number of hydrogen-bond acceptors (Lipinski definition) is 4. The van der Waals surface area contributed by atoms with Crippen molar-refractivity contribution in [3.05, 3.63) is 53.3 Å². The molecule has 0 bridgehead atoms. The summed E-state index contributed by atoms with van der Waals surface area (Å²) in [5.41, 5.74) is 3.82. The van der Waals surface area contributed by atoms with Crippen LogP contribution in [0.15, 0.2) is 41.4 Å². The van der Waals surface area contributed by atoms with Gasteiger partial charge < -0.3 is 5.32 Å². The van der Waals surface area contributed by atoms with Gasteiger partial charge in [0.15, 0.2) is 0 Å². The Morgan fingerprint density at radius 1 is 1.29 bits per heavy atom. The Hall–Kier alpha value is -1.92. The average molecular weight is 303 g/mol. The standard InChI is InChI=1S/C15H17N3O2S/c1-11-2-3-12(9-17-11)10-18-21(19,20)14-5-4-13-6-7-16-15(13)8-14/h2-5,8-9,16,18H,6-7,10H2,1H3. The number of rotatable bonds is 4. The van der Waals surface area contributed by atoms with Gasteiger partial charge >= 0.3 is 0 Å². The first-order chi connectivity index (χ1) is 10.0. The second kappa shape index (κ2) is 5.46. The third-order valence-corrected chi connectivity index (χ3v) is 4.94. The smallest absolute Gasteiger partial charge is 0.240 e. The van der Waals surface area contributed by atoms with Crippen molar-refractivity contribution in [2.75, 3.05) is 11.9 Å². The van der Waals surface area contributed by atoms with Crippen LogP contribution in [0.2, 0.25) is 0 Å². The van der Waals surface area contributed by atoms with E-state index in [1.807, 2.05) is 25.1 Å². The molecule has 1 aromatic carbocycles. The highest BCUT2D eigenvalue weighted by Crippen LogP contribution is 2.25. The maximum absolute atomic E-state index is 12.3. The molecule has 110 valence electrons. The Kier molecular flexibility index (Phi) is 3.65. The van der Waals surface area contributed by atoms with Crippen LogP contribution in [0, 0.1) is 6.92 Å². The average Bonchev–Trinajstić information content (AvgIpc) is 2.94. The highest BCUT2D eigenvalue weighted by Gasteiger charge is 2.17. The van der Waals surface area contributed by atoms with E-state index in [9.17, 15) is 8.42 Å². The first-order valence-electron chi connectivity index (χ1n) is 6.82. The summed E-state index contributed by atoms with van der Waals surface area (Å²) in [7, 11) is -3.51. The van der Waals surface area contributed by atoms with Gasteiger partial charge in [-0.15, -0.1) is 0 Å². The molecule has 0 saturated carbocycles. The molecule has 0 atom stereocenters. The van der Waals surface area contributed by atoms with Gasteiger partial charge in [0.25, 0.3) is 0 Å². The molecule has 0 spiro atoms. The molecule has 2 aromatic rings. The molecule has 3 rings (SSSR count). The Balaban J connectivity index is 1.76. The normalized spacial score (nSPS) is 13.8. The lowest BCUT2D eigenvalue weighted by Crippen LogP contribution is -2.23. The molecule has 0 amide bonds. The highest BCUT2D eigenvalue weighted by molar-refractivity contribution is 7.89. The van der Waals surface area contributed by atoms with E-state index in [0.29, 0.717) is 0 Å². The van der Waals surface area contributed by atoms with E-state index in [0.717, 1.165) is 35.5 Å². The van der Waals surface area contributed by atoms with Gasteiger partial charge in [-0.3, -0.25) is 4.98 Å². The van der Waals surface area contributed by atoms with Crippen molar-refractivity contribution >= 4 is 15.7 Å². The summed E-state index contributed by atoms with van der Waals surface area (Å²) in [6.07, 6.45) is 2.63. The molecule has 0 unspecified atom stereocenters. The molecule has 2 N–H and O–H groups in total. The van der Waals surface area contributed by atoms with Crippen LogP contribution >= 0.6 is 0 Å². The van der Waals surface area contributed by atoms with Crippen LogP contribution in [0.5, 0.6) is 0 Å². The van der Waals surface area contributed by atoms with Crippen LogP contribution < -0.4 is 10.0 Å². The summed E-state index contributed by atoms with van der Waals surface area (Å²) in [5.74, 6) is 0. The molecule has 1 aromatic heterocycles.